The van der Waals surface area contributed by atoms with Crippen LogP contribution in [0.2, 0.25) is 5.02 Å². The second-order valence-corrected chi connectivity index (χ2v) is 7.39. The molecule has 0 atom stereocenters. The van der Waals surface area contributed by atoms with Crippen LogP contribution in [-0.2, 0) is 14.3 Å². The number of nitrogens with zero attached hydrogens (tertiary/aromatic N) is 2. The van der Waals surface area contributed by atoms with Gasteiger partial charge < -0.3 is 19.1 Å². The molecule has 0 aromatic heterocycles. The van der Waals surface area contributed by atoms with E-state index in [0.29, 0.717) is 48.4 Å². The van der Waals surface area contributed by atoms with Crippen molar-refractivity contribution in [2.45, 2.75) is 0 Å². The van der Waals surface area contributed by atoms with Gasteiger partial charge in [-0.1, -0.05) is 11.6 Å². The lowest BCUT2D eigenvalue weighted by Gasteiger charge is -2.28. The Bertz CT molecular complexity index is 838. The Hall–Kier alpha value is -2.23. The van der Waals surface area contributed by atoms with Gasteiger partial charge in [0.05, 0.1) is 37.4 Å². The lowest BCUT2D eigenvalue weighted by molar-refractivity contribution is -0.139. The number of thioether (sulfide) groups is 1. The van der Waals surface area contributed by atoms with Gasteiger partial charge in [0.2, 0.25) is 5.91 Å². The summed E-state index contributed by atoms with van der Waals surface area (Å²) in [6.07, 6.45) is 1.51. The molecule has 0 aliphatic carbocycles. The number of amides is 3. The van der Waals surface area contributed by atoms with Crippen LogP contribution in [0.5, 0.6) is 11.5 Å². The molecular formula is C18H19ClN2O6S. The van der Waals surface area contributed by atoms with Gasteiger partial charge in [-0.3, -0.25) is 19.3 Å². The monoisotopic (exact) mass is 426 g/mol. The molecule has 0 saturated carbocycles. The van der Waals surface area contributed by atoms with Crippen LogP contribution in [0.1, 0.15) is 5.56 Å². The van der Waals surface area contributed by atoms with Gasteiger partial charge in [0.15, 0.2) is 11.5 Å². The van der Waals surface area contributed by atoms with Crippen LogP contribution in [-0.4, -0.2) is 73.9 Å². The number of imide groups is 1. The van der Waals surface area contributed by atoms with Gasteiger partial charge in [-0.15, -0.1) is 0 Å². The molecular weight excluding hydrogens is 408 g/mol. The van der Waals surface area contributed by atoms with E-state index in [1.165, 1.54) is 20.3 Å². The molecule has 0 spiro atoms. The molecule has 2 aliphatic rings. The summed E-state index contributed by atoms with van der Waals surface area (Å²) < 4.78 is 15.6. The van der Waals surface area contributed by atoms with Gasteiger partial charge in [0, 0.05) is 19.2 Å². The molecule has 3 amide bonds. The van der Waals surface area contributed by atoms with E-state index < -0.39 is 11.1 Å². The summed E-state index contributed by atoms with van der Waals surface area (Å²) in [6, 6.07) is 3.19. The van der Waals surface area contributed by atoms with Gasteiger partial charge in [-0.2, -0.15) is 0 Å². The van der Waals surface area contributed by atoms with Gasteiger partial charge in [-0.25, -0.2) is 0 Å². The quantitative estimate of drug-likeness (QED) is 0.667. The Labute approximate surface area is 171 Å². The lowest BCUT2D eigenvalue weighted by atomic mass is 10.1. The summed E-state index contributed by atoms with van der Waals surface area (Å²) in [5, 5.41) is -0.150. The predicted molar refractivity (Wildman–Crippen MR) is 105 cm³/mol. The fraction of sp³-hybridized carbons (Fsp3) is 0.389. The Balaban J connectivity index is 1.78. The molecule has 1 aromatic rings. The molecule has 0 unspecified atom stereocenters. The minimum absolute atomic E-state index is 0.189. The van der Waals surface area contributed by atoms with Gasteiger partial charge in [0.1, 0.15) is 6.54 Å². The molecule has 3 rings (SSSR count). The van der Waals surface area contributed by atoms with Crippen LogP contribution in [0, 0.1) is 0 Å². The Morgan fingerprint density at radius 3 is 2.50 bits per heavy atom. The first kappa shape index (κ1) is 20.5. The first-order valence-corrected chi connectivity index (χ1v) is 9.66. The van der Waals surface area contributed by atoms with Gasteiger partial charge >= 0.3 is 0 Å². The van der Waals surface area contributed by atoms with Crippen LogP contribution in [0.15, 0.2) is 17.0 Å². The maximum atomic E-state index is 12.6. The summed E-state index contributed by atoms with van der Waals surface area (Å²) >= 11 is 7.02. The largest absolute Gasteiger partial charge is 0.493 e. The molecule has 8 nitrogen and oxygen atoms in total. The van der Waals surface area contributed by atoms with E-state index in [9.17, 15) is 14.4 Å². The first-order valence-electron chi connectivity index (χ1n) is 8.47. The molecule has 0 bridgehead atoms. The maximum absolute atomic E-state index is 12.6. The molecule has 2 heterocycles. The van der Waals surface area contributed by atoms with Crippen LogP contribution < -0.4 is 9.47 Å². The summed E-state index contributed by atoms with van der Waals surface area (Å²) in [5.41, 5.74) is 0.504. The number of benzene rings is 1. The zero-order valence-corrected chi connectivity index (χ0v) is 17.0. The van der Waals surface area contributed by atoms with Crippen molar-refractivity contribution >= 4 is 46.5 Å². The number of ether oxygens (including phenoxy) is 3. The van der Waals surface area contributed by atoms with Crippen LogP contribution >= 0.6 is 23.4 Å². The molecule has 2 saturated heterocycles. The highest BCUT2D eigenvalue weighted by Gasteiger charge is 2.37. The highest BCUT2D eigenvalue weighted by Crippen LogP contribution is 2.37. The maximum Gasteiger partial charge on any atom is 0.294 e. The third kappa shape index (κ3) is 4.26. The highest BCUT2D eigenvalue weighted by atomic mass is 35.5. The predicted octanol–water partition coefficient (Wildman–Crippen LogP) is 2.25. The molecule has 150 valence electrons. The van der Waals surface area contributed by atoms with E-state index in [2.05, 4.69) is 0 Å². The molecule has 28 heavy (non-hydrogen) atoms. The second-order valence-electron chi connectivity index (χ2n) is 5.99. The molecule has 0 N–H and O–H groups in total. The van der Waals surface area contributed by atoms with E-state index in [4.69, 9.17) is 25.8 Å². The summed E-state index contributed by atoms with van der Waals surface area (Å²) in [5.74, 6) is 0.0900. The Morgan fingerprint density at radius 1 is 1.21 bits per heavy atom. The van der Waals surface area contributed by atoms with E-state index in [1.807, 2.05) is 0 Å². The van der Waals surface area contributed by atoms with Crippen molar-refractivity contribution in [3.05, 3.63) is 27.6 Å². The number of halogens is 1. The second kappa shape index (κ2) is 8.85. The number of carbonyl (C=O) groups is 3. The van der Waals surface area contributed by atoms with Crippen molar-refractivity contribution in [2.75, 3.05) is 47.1 Å². The minimum atomic E-state index is -0.525. The van der Waals surface area contributed by atoms with E-state index in [-0.39, 0.29) is 17.4 Å². The van der Waals surface area contributed by atoms with Crippen molar-refractivity contribution in [1.29, 1.82) is 0 Å². The number of rotatable bonds is 5. The third-order valence-corrected chi connectivity index (χ3v) is 5.55. The van der Waals surface area contributed by atoms with Crippen LogP contribution in [0.3, 0.4) is 0 Å². The molecule has 10 heteroatoms. The lowest BCUT2D eigenvalue weighted by Crippen LogP contribution is -2.46. The molecule has 2 aliphatic heterocycles. The third-order valence-electron chi connectivity index (χ3n) is 4.32. The number of methoxy groups -OCH3 is 2. The summed E-state index contributed by atoms with van der Waals surface area (Å²) in [6.45, 7) is 1.51. The van der Waals surface area contributed by atoms with Crippen molar-refractivity contribution in [3.8, 4) is 11.5 Å². The van der Waals surface area contributed by atoms with Gasteiger partial charge in [-0.05, 0) is 29.5 Å². The van der Waals surface area contributed by atoms with Crippen LogP contribution in [0.4, 0.5) is 4.79 Å². The van der Waals surface area contributed by atoms with Gasteiger partial charge in [0.25, 0.3) is 11.1 Å². The normalized spacial score (nSPS) is 18.8. The SMILES string of the molecule is COc1cc(Cl)c(/C=C2/SC(=O)N(CC(=O)N3CCOCC3)C2=O)cc1OC. The molecule has 0 radical (unpaired) electrons. The standard InChI is InChI=1S/C18H19ClN2O6S/c1-25-13-7-11(12(19)9-14(13)26-2)8-15-17(23)21(18(24)28-15)10-16(22)20-3-5-27-6-4-20/h7-9H,3-6,10H2,1-2H3/b15-8+. The van der Waals surface area contributed by atoms with Crippen molar-refractivity contribution in [2.24, 2.45) is 0 Å². The van der Waals surface area contributed by atoms with E-state index in [0.717, 1.165) is 16.7 Å². The number of hydrogen-bond donors (Lipinski definition) is 0. The zero-order valence-electron chi connectivity index (χ0n) is 15.4. The minimum Gasteiger partial charge on any atom is -0.493 e. The molecule has 1 aromatic carbocycles. The fourth-order valence-electron chi connectivity index (χ4n) is 2.81. The smallest absolute Gasteiger partial charge is 0.294 e. The fourth-order valence-corrected chi connectivity index (χ4v) is 3.84. The van der Waals surface area contributed by atoms with Crippen molar-refractivity contribution in [3.63, 3.8) is 0 Å². The van der Waals surface area contributed by atoms with Crippen molar-refractivity contribution in [1.82, 2.24) is 9.80 Å². The topological polar surface area (TPSA) is 85.4 Å². The Kier molecular flexibility index (Phi) is 6.48. The van der Waals surface area contributed by atoms with Crippen molar-refractivity contribution < 1.29 is 28.6 Å². The van der Waals surface area contributed by atoms with E-state index >= 15 is 0 Å². The molecule has 2 fully saturated rings. The number of morpholine rings is 1. The van der Waals surface area contributed by atoms with E-state index in [1.54, 1.807) is 17.0 Å². The number of carbonyl (C=O) groups excluding carboxylic acids is 3. The summed E-state index contributed by atoms with van der Waals surface area (Å²) in [7, 11) is 2.98. The van der Waals surface area contributed by atoms with Crippen LogP contribution in [0.25, 0.3) is 6.08 Å². The highest BCUT2D eigenvalue weighted by molar-refractivity contribution is 8.18. The average Bonchev–Trinajstić information content (AvgIpc) is 2.97. The summed E-state index contributed by atoms with van der Waals surface area (Å²) in [4.78, 5) is 40.0. The first-order chi connectivity index (χ1) is 13.4. The average molecular weight is 427 g/mol. The Morgan fingerprint density at radius 2 is 1.86 bits per heavy atom. The number of hydrogen-bond acceptors (Lipinski definition) is 7. The zero-order chi connectivity index (χ0) is 20.3.